The first-order chi connectivity index (χ1) is 9.54. The van der Waals surface area contributed by atoms with Gasteiger partial charge in [-0.2, -0.15) is 0 Å². The number of ether oxygens (including phenoxy) is 1. The van der Waals surface area contributed by atoms with Gasteiger partial charge in [-0.05, 0) is 25.1 Å². The van der Waals surface area contributed by atoms with Gasteiger partial charge in [0.15, 0.2) is 17.4 Å². The van der Waals surface area contributed by atoms with Crippen molar-refractivity contribution in [3.63, 3.8) is 0 Å². The van der Waals surface area contributed by atoms with Gasteiger partial charge in [0.1, 0.15) is 0 Å². The average molecular weight is 285 g/mol. The second-order valence-electron chi connectivity index (χ2n) is 4.82. The van der Waals surface area contributed by atoms with Crippen LogP contribution in [-0.4, -0.2) is 54.2 Å². The van der Waals surface area contributed by atoms with Crippen molar-refractivity contribution in [2.24, 2.45) is 0 Å². The average Bonchev–Trinajstić information content (AvgIpc) is 2.48. The Bertz CT molecular complexity index is 495. The van der Waals surface area contributed by atoms with Crippen LogP contribution in [0, 0.1) is 11.6 Å². The minimum atomic E-state index is -1.04. The van der Waals surface area contributed by atoms with Gasteiger partial charge in [0.2, 0.25) is 0 Å². The predicted molar refractivity (Wildman–Crippen MR) is 68.5 cm³/mol. The van der Waals surface area contributed by atoms with Crippen molar-refractivity contribution >= 4 is 5.78 Å². The lowest BCUT2D eigenvalue weighted by atomic mass is 10.0. The highest BCUT2D eigenvalue weighted by Crippen LogP contribution is 2.17. The summed E-state index contributed by atoms with van der Waals surface area (Å²) >= 11 is 0. The summed E-state index contributed by atoms with van der Waals surface area (Å²) in [7, 11) is 0. The van der Waals surface area contributed by atoms with Crippen LogP contribution in [0.15, 0.2) is 18.2 Å². The van der Waals surface area contributed by atoms with E-state index < -0.39 is 17.7 Å². The highest BCUT2D eigenvalue weighted by Gasteiger charge is 2.31. The van der Waals surface area contributed by atoms with Crippen LogP contribution in [0.5, 0.6) is 0 Å². The third-order valence-corrected chi connectivity index (χ3v) is 3.56. The molecule has 1 N–H and O–H groups in total. The predicted octanol–water partition coefficient (Wildman–Crippen LogP) is 1.23. The van der Waals surface area contributed by atoms with E-state index in [9.17, 15) is 18.7 Å². The quantitative estimate of drug-likeness (QED) is 0.845. The molecule has 0 aliphatic carbocycles. The third kappa shape index (κ3) is 3.03. The topological polar surface area (TPSA) is 49.8 Å². The van der Waals surface area contributed by atoms with E-state index in [2.05, 4.69) is 0 Å². The molecule has 2 unspecified atom stereocenters. The lowest BCUT2D eigenvalue weighted by Gasteiger charge is -2.38. The molecule has 0 amide bonds. The second-order valence-corrected chi connectivity index (χ2v) is 4.82. The van der Waals surface area contributed by atoms with Gasteiger partial charge in [0.05, 0.1) is 31.9 Å². The van der Waals surface area contributed by atoms with Gasteiger partial charge in [-0.15, -0.1) is 0 Å². The zero-order chi connectivity index (χ0) is 14.7. The number of morpholine rings is 1. The van der Waals surface area contributed by atoms with E-state index >= 15 is 0 Å². The summed E-state index contributed by atoms with van der Waals surface area (Å²) in [6.07, 6.45) is 0. The highest BCUT2D eigenvalue weighted by atomic mass is 19.2. The standard InChI is InChI=1S/C14H17F2NO3/c1-9(17-4-5-20-8-11(17)7-18)14(19)10-2-3-12(15)13(16)6-10/h2-3,6,9,11,18H,4-5,7-8H2,1H3. The molecule has 0 bridgehead atoms. The van der Waals surface area contributed by atoms with E-state index in [1.54, 1.807) is 6.92 Å². The number of aliphatic hydroxyl groups is 1. The third-order valence-electron chi connectivity index (χ3n) is 3.56. The summed E-state index contributed by atoms with van der Waals surface area (Å²) in [4.78, 5) is 14.1. The van der Waals surface area contributed by atoms with Crippen LogP contribution in [0.3, 0.4) is 0 Å². The number of carbonyl (C=O) groups is 1. The molecule has 4 nitrogen and oxygen atoms in total. The van der Waals surface area contributed by atoms with Crippen molar-refractivity contribution in [3.05, 3.63) is 35.4 Å². The summed E-state index contributed by atoms with van der Waals surface area (Å²) in [6, 6.07) is 2.33. The molecule has 0 spiro atoms. The lowest BCUT2D eigenvalue weighted by molar-refractivity contribution is -0.0390. The molecular formula is C14H17F2NO3. The maximum absolute atomic E-state index is 13.2. The number of nitrogens with zero attached hydrogens (tertiary/aromatic N) is 1. The Balaban J connectivity index is 2.16. The van der Waals surface area contributed by atoms with Crippen molar-refractivity contribution in [3.8, 4) is 0 Å². The molecule has 6 heteroatoms. The molecule has 2 rings (SSSR count). The first-order valence-corrected chi connectivity index (χ1v) is 6.48. The van der Waals surface area contributed by atoms with Gasteiger partial charge in [-0.1, -0.05) is 0 Å². The summed E-state index contributed by atoms with van der Waals surface area (Å²) < 4.78 is 31.3. The van der Waals surface area contributed by atoms with Gasteiger partial charge in [-0.25, -0.2) is 8.78 Å². The molecular weight excluding hydrogens is 268 g/mol. The largest absolute Gasteiger partial charge is 0.395 e. The number of Topliss-reactive ketones (excluding diaryl/α,β-unsaturated/α-hetero) is 1. The zero-order valence-electron chi connectivity index (χ0n) is 11.2. The van der Waals surface area contributed by atoms with Crippen LogP contribution in [-0.2, 0) is 4.74 Å². The summed E-state index contributed by atoms with van der Waals surface area (Å²) in [6.45, 7) is 2.92. The second kappa shape index (κ2) is 6.39. The Morgan fingerprint density at radius 1 is 1.50 bits per heavy atom. The van der Waals surface area contributed by atoms with Gasteiger partial charge >= 0.3 is 0 Å². The molecule has 110 valence electrons. The molecule has 1 heterocycles. The fourth-order valence-corrected chi connectivity index (χ4v) is 2.38. The smallest absolute Gasteiger partial charge is 0.179 e. The maximum Gasteiger partial charge on any atom is 0.179 e. The normalized spacial score (nSPS) is 21.7. The van der Waals surface area contributed by atoms with E-state index in [-0.39, 0.29) is 24.0 Å². The molecule has 1 fully saturated rings. The minimum absolute atomic E-state index is 0.116. The minimum Gasteiger partial charge on any atom is -0.395 e. The fourth-order valence-electron chi connectivity index (χ4n) is 2.38. The Kier molecular flexibility index (Phi) is 4.80. The number of rotatable bonds is 4. The van der Waals surface area contributed by atoms with Crippen LogP contribution in [0.4, 0.5) is 8.78 Å². The van der Waals surface area contributed by atoms with Gasteiger partial charge < -0.3 is 9.84 Å². The first kappa shape index (κ1) is 15.0. The molecule has 0 radical (unpaired) electrons. The Morgan fingerprint density at radius 2 is 2.25 bits per heavy atom. The molecule has 2 atom stereocenters. The highest BCUT2D eigenvalue weighted by molar-refractivity contribution is 5.99. The number of halogens is 2. The molecule has 1 aliphatic rings. The van der Waals surface area contributed by atoms with Gasteiger partial charge in [0, 0.05) is 12.1 Å². The molecule has 1 aliphatic heterocycles. The van der Waals surface area contributed by atoms with Crippen LogP contribution in [0.2, 0.25) is 0 Å². The van der Waals surface area contributed by atoms with E-state index in [0.717, 1.165) is 12.1 Å². The van der Waals surface area contributed by atoms with E-state index in [1.807, 2.05) is 4.90 Å². The van der Waals surface area contributed by atoms with Crippen molar-refractivity contribution in [1.82, 2.24) is 4.90 Å². The first-order valence-electron chi connectivity index (χ1n) is 6.48. The lowest BCUT2D eigenvalue weighted by Crippen LogP contribution is -2.53. The summed E-state index contributed by atoms with van der Waals surface area (Å²) in [5.74, 6) is -2.32. The van der Waals surface area contributed by atoms with Gasteiger partial charge in [-0.3, -0.25) is 9.69 Å². The fraction of sp³-hybridized carbons (Fsp3) is 0.500. The van der Waals surface area contributed by atoms with Crippen molar-refractivity contribution < 1.29 is 23.4 Å². The molecule has 1 aromatic rings. The van der Waals surface area contributed by atoms with Crippen LogP contribution in [0.1, 0.15) is 17.3 Å². The van der Waals surface area contributed by atoms with Crippen LogP contribution in [0.25, 0.3) is 0 Å². The maximum atomic E-state index is 13.2. The van der Waals surface area contributed by atoms with Crippen molar-refractivity contribution in [2.75, 3.05) is 26.4 Å². The molecule has 0 aromatic heterocycles. The van der Waals surface area contributed by atoms with Crippen molar-refractivity contribution in [2.45, 2.75) is 19.0 Å². The number of aliphatic hydroxyl groups excluding tert-OH is 1. The number of carbonyl (C=O) groups excluding carboxylic acids is 1. The number of ketones is 1. The Labute approximate surface area is 116 Å². The molecule has 0 saturated carbocycles. The monoisotopic (exact) mass is 285 g/mol. The van der Waals surface area contributed by atoms with E-state index in [4.69, 9.17) is 4.74 Å². The van der Waals surface area contributed by atoms with Crippen LogP contribution >= 0.6 is 0 Å². The Morgan fingerprint density at radius 3 is 2.90 bits per heavy atom. The molecule has 1 saturated heterocycles. The SMILES string of the molecule is CC(C(=O)c1ccc(F)c(F)c1)N1CCOCC1CO. The van der Waals surface area contributed by atoms with Crippen LogP contribution < -0.4 is 0 Å². The van der Waals surface area contributed by atoms with E-state index in [0.29, 0.717) is 19.8 Å². The summed E-state index contributed by atoms with van der Waals surface area (Å²) in [5.41, 5.74) is 0.125. The van der Waals surface area contributed by atoms with E-state index in [1.165, 1.54) is 6.07 Å². The molecule has 20 heavy (non-hydrogen) atoms. The number of benzene rings is 1. The number of hydrogen-bond acceptors (Lipinski definition) is 4. The van der Waals surface area contributed by atoms with Gasteiger partial charge in [0.25, 0.3) is 0 Å². The Hall–Kier alpha value is -1.37. The van der Waals surface area contributed by atoms with Crippen molar-refractivity contribution in [1.29, 1.82) is 0 Å². The zero-order valence-corrected chi connectivity index (χ0v) is 11.2. The molecule has 1 aromatic carbocycles. The number of hydrogen-bond donors (Lipinski definition) is 1. The summed E-state index contributed by atoms with van der Waals surface area (Å²) in [5, 5.41) is 9.30.